The second-order valence-corrected chi connectivity index (χ2v) is 38.3. The van der Waals surface area contributed by atoms with E-state index in [1.165, 1.54) is 102 Å². The average Bonchev–Trinajstić information content (AvgIpc) is 0.792. The molecule has 3 atom stereocenters. The van der Waals surface area contributed by atoms with Crippen LogP contribution in [0.2, 0.25) is 0 Å². The van der Waals surface area contributed by atoms with E-state index in [9.17, 15) is 0 Å². The maximum Gasteiger partial charge on any atom is 0.127 e. The molecule has 3 unspecified atom stereocenters. The van der Waals surface area contributed by atoms with Crippen LogP contribution in [0, 0.1) is 84.0 Å². The number of hydrogen-bond acceptors (Lipinski definition) is 9. The molecule has 0 N–H and O–H groups in total. The summed E-state index contributed by atoms with van der Waals surface area (Å²) in [6, 6.07) is 88.6. The van der Waals surface area contributed by atoms with Gasteiger partial charge in [-0.3, -0.25) is 0 Å². The highest BCUT2D eigenvalue weighted by Gasteiger charge is 2.21. The molecule has 714 valence electrons. The molecule has 0 saturated carbocycles. The van der Waals surface area contributed by atoms with Crippen molar-refractivity contribution in [3.8, 4) is 34.5 Å². The molecule has 0 aromatic heterocycles. The highest BCUT2D eigenvalue weighted by molar-refractivity contribution is 5.85. The van der Waals surface area contributed by atoms with E-state index in [2.05, 4.69) is 429 Å². The Kier molecular flexibility index (Phi) is 42.4. The summed E-state index contributed by atoms with van der Waals surface area (Å²) in [5, 5.41) is 0. The first-order valence-corrected chi connectivity index (χ1v) is 49.8. The lowest BCUT2D eigenvalue weighted by molar-refractivity contribution is 0.274. The van der Waals surface area contributed by atoms with Gasteiger partial charge in [-0.05, 0) is 297 Å². The molecular weight excluding hydrogens is 1660 g/mol. The monoisotopic (exact) mass is 1820 g/mol. The number of anilines is 9. The first-order valence-electron chi connectivity index (χ1n) is 49.8. The normalized spacial score (nSPS) is 12.3. The van der Waals surface area contributed by atoms with Crippen molar-refractivity contribution in [1.82, 2.24) is 0 Å². The minimum absolute atomic E-state index is 0.654. The fourth-order valence-corrected chi connectivity index (χ4v) is 16.8. The van der Waals surface area contributed by atoms with Gasteiger partial charge in [0.15, 0.2) is 0 Å². The van der Waals surface area contributed by atoms with Crippen molar-refractivity contribution in [3.05, 3.63) is 356 Å². The van der Waals surface area contributed by atoms with E-state index in [0.29, 0.717) is 37.6 Å². The van der Waals surface area contributed by atoms with Crippen LogP contribution in [-0.4, -0.2) is 41.2 Å². The largest absolute Gasteiger partial charge is 0.496 e. The molecule has 0 saturated heterocycles. The van der Waals surface area contributed by atoms with Crippen molar-refractivity contribution in [3.63, 3.8) is 0 Å². The summed E-state index contributed by atoms with van der Waals surface area (Å²) in [5.41, 5.74) is 28.5. The van der Waals surface area contributed by atoms with Crippen LogP contribution in [0.15, 0.2) is 267 Å². The zero-order valence-corrected chi connectivity index (χ0v) is 86.0. The summed E-state index contributed by atoms with van der Waals surface area (Å²) in [4.78, 5) is 6.93. The zero-order chi connectivity index (χ0) is 97.4. The van der Waals surface area contributed by atoms with Gasteiger partial charge in [-0.1, -0.05) is 324 Å². The SMILES string of the molecule is CC=Cc1cc(OC)c(C=Cc2ccc(N(c3ccc(C)cc3)c3ccc(C)c(C)c3)cc2)cc1OCCC(C)CCCC(C)C.CC=Cc1cc(OC)c(C=Cc2ccc(N(c3ccc(C)cc3)c3ccc(C)cc3C)cc2)cc1OCCC(C)CCCC(C)C.CC=Cc1cc(OC)c(C=Cc2ccc(N(c3ccccc3)c3ccc(C)cc3)cc2)cc1OCCC(C)CCCC(C)C. The first-order chi connectivity index (χ1) is 65.7. The second kappa shape index (κ2) is 54.7. The van der Waals surface area contributed by atoms with Crippen molar-refractivity contribution in [1.29, 1.82) is 0 Å². The molecule has 0 bridgehead atoms. The van der Waals surface area contributed by atoms with Crippen molar-refractivity contribution in [2.75, 3.05) is 55.8 Å². The third-order valence-corrected chi connectivity index (χ3v) is 25.2. The van der Waals surface area contributed by atoms with Crippen molar-refractivity contribution in [2.45, 2.75) is 209 Å². The fraction of sp³-hybridized carbons (Fsp3) is 0.339. The third kappa shape index (κ3) is 32.8. The summed E-state index contributed by atoms with van der Waals surface area (Å²) in [6.07, 6.45) is 39.9. The van der Waals surface area contributed by atoms with Crippen molar-refractivity contribution < 1.29 is 28.4 Å². The van der Waals surface area contributed by atoms with Gasteiger partial charge in [-0.25, -0.2) is 0 Å². The van der Waals surface area contributed by atoms with Crippen LogP contribution in [0.3, 0.4) is 0 Å². The number of benzene rings is 12. The summed E-state index contributed by atoms with van der Waals surface area (Å²) in [5.74, 6) is 9.44. The predicted molar refractivity (Wildman–Crippen MR) is 590 cm³/mol. The Morgan fingerprint density at radius 2 is 0.515 bits per heavy atom. The molecule has 9 nitrogen and oxygen atoms in total. The maximum atomic E-state index is 6.38. The number of aryl methyl sites for hydroxylation is 7. The lowest BCUT2D eigenvalue weighted by Gasteiger charge is -2.27. The maximum absolute atomic E-state index is 6.38. The second-order valence-electron chi connectivity index (χ2n) is 38.3. The van der Waals surface area contributed by atoms with Crippen molar-refractivity contribution >= 4 is 106 Å². The van der Waals surface area contributed by atoms with Crippen LogP contribution in [0.1, 0.15) is 249 Å². The summed E-state index contributed by atoms with van der Waals surface area (Å²) in [7, 11) is 5.18. The van der Waals surface area contributed by atoms with E-state index in [1.54, 1.807) is 21.3 Å². The third-order valence-electron chi connectivity index (χ3n) is 25.2. The average molecular weight is 1820 g/mol. The molecule has 0 fully saturated rings. The summed E-state index contributed by atoms with van der Waals surface area (Å²) >= 11 is 0. The van der Waals surface area contributed by atoms with E-state index in [-0.39, 0.29) is 0 Å². The lowest BCUT2D eigenvalue weighted by atomic mass is 9.97. The number of ether oxygens (including phenoxy) is 6. The lowest BCUT2D eigenvalue weighted by Crippen LogP contribution is -2.11. The quantitative estimate of drug-likeness (QED) is 0.0347. The van der Waals surface area contributed by atoms with E-state index in [0.717, 1.165) is 167 Å². The molecule has 0 aliphatic heterocycles. The zero-order valence-electron chi connectivity index (χ0n) is 86.0. The minimum atomic E-state index is 0.654. The molecule has 0 aliphatic rings. The summed E-state index contributed by atoms with van der Waals surface area (Å²) in [6.45, 7) is 44.1. The number of allylic oxidation sites excluding steroid dienone is 3. The van der Waals surface area contributed by atoms with Gasteiger partial charge in [-0.15, -0.1) is 0 Å². The molecule has 0 radical (unpaired) electrons. The fourth-order valence-electron chi connectivity index (χ4n) is 16.8. The van der Waals surface area contributed by atoms with E-state index >= 15 is 0 Å². The Labute approximate surface area is 819 Å². The molecule has 9 heteroatoms. The van der Waals surface area contributed by atoms with Gasteiger partial charge in [-0.2, -0.15) is 0 Å². The number of rotatable bonds is 45. The van der Waals surface area contributed by atoms with Gasteiger partial charge in [0.2, 0.25) is 0 Å². The van der Waals surface area contributed by atoms with Crippen LogP contribution < -0.4 is 43.1 Å². The number of methoxy groups -OCH3 is 3. The highest BCUT2D eigenvalue weighted by Crippen LogP contribution is 2.43. The van der Waals surface area contributed by atoms with Crippen molar-refractivity contribution in [2.24, 2.45) is 35.5 Å². The topological polar surface area (TPSA) is 65.1 Å². The molecule has 136 heavy (non-hydrogen) atoms. The molecule has 0 amide bonds. The predicted octanol–water partition coefficient (Wildman–Crippen LogP) is 37.0. The number of nitrogens with zero attached hydrogens (tertiary/aromatic N) is 3. The van der Waals surface area contributed by atoms with Gasteiger partial charge in [0, 0.05) is 84.6 Å². The van der Waals surface area contributed by atoms with E-state index < -0.39 is 0 Å². The minimum Gasteiger partial charge on any atom is -0.496 e. The van der Waals surface area contributed by atoms with Crippen LogP contribution in [-0.2, 0) is 0 Å². The van der Waals surface area contributed by atoms with E-state index in [1.807, 2.05) is 39.0 Å². The smallest absolute Gasteiger partial charge is 0.127 e. The molecule has 12 rings (SSSR count). The Morgan fingerprint density at radius 3 is 0.816 bits per heavy atom. The van der Waals surface area contributed by atoms with Crippen LogP contribution >= 0.6 is 0 Å². The molecule has 0 heterocycles. The van der Waals surface area contributed by atoms with Gasteiger partial charge < -0.3 is 43.1 Å². The van der Waals surface area contributed by atoms with Gasteiger partial charge in [0.25, 0.3) is 0 Å². The molecule has 0 aliphatic carbocycles. The number of para-hydroxylation sites is 1. The Morgan fingerprint density at radius 1 is 0.235 bits per heavy atom. The Balaban J connectivity index is 0.000000211. The van der Waals surface area contributed by atoms with Crippen LogP contribution in [0.25, 0.3) is 54.7 Å². The first kappa shape index (κ1) is 105. The molecular formula is C127H155N3O6. The molecule has 12 aromatic carbocycles. The van der Waals surface area contributed by atoms with E-state index in [4.69, 9.17) is 28.4 Å². The highest BCUT2D eigenvalue weighted by atomic mass is 16.5. The van der Waals surface area contributed by atoms with Gasteiger partial charge >= 0.3 is 0 Å². The Hall–Kier alpha value is -12.7. The Bertz CT molecular complexity index is 5820. The van der Waals surface area contributed by atoms with Gasteiger partial charge in [0.05, 0.1) is 41.2 Å². The van der Waals surface area contributed by atoms with Crippen LogP contribution in [0.4, 0.5) is 51.2 Å². The van der Waals surface area contributed by atoms with Gasteiger partial charge in [0.1, 0.15) is 34.5 Å². The molecule has 0 spiro atoms. The number of hydrogen-bond donors (Lipinski definition) is 0. The van der Waals surface area contributed by atoms with Crippen LogP contribution in [0.5, 0.6) is 34.5 Å². The summed E-state index contributed by atoms with van der Waals surface area (Å²) < 4.78 is 36.5. The molecule has 12 aromatic rings. The standard InChI is InChI=1S/2C43H53NO2.C41H49NO2/c1-9-11-37-29-42(45-8)38(30-43(37)46-27-26-32(4)13-10-12-31(2)3)20-17-36-18-23-40(24-19-36)44(39-21-14-33(5)15-22-39)41-25-16-34(6)28-35(41)7;1-9-11-37-29-42(45-8)38(30-43(37)46-27-26-32(4)13-10-12-31(2)3)20-17-36-18-24-40(25-19-36)44(39-21-14-33(5)15-22-39)41-23-16-34(6)35(7)28-41;1-7-12-35-29-40(43-6)36(30-41(35)44-28-27-32(4)14-11-13-31(2)3)22-19-34-20-25-39(26-21-34)42(37-15-9-8-10-16-37)38-23-17-33(5)18-24-38/h2*9,11,14-25,28-32H,10,12-13,26-27H2,1-8H3;7-10,12,15-26,29-32H,11,13-14,27-28H2,1-6H3.